The first-order chi connectivity index (χ1) is 10.8. The third-order valence-corrected chi connectivity index (χ3v) is 4.57. The number of likely N-dealkylation sites (tertiary alicyclic amines) is 1. The molecule has 0 atom stereocenters. The maximum Gasteiger partial charge on any atom is 0.191 e. The molecule has 0 aromatic carbocycles. The standard InChI is InChI=1S/C16H34N4OS.HI/c1-3-17-16(18-9-4-5-14-22-2)19-10-6-11-20-12-7-15(21)8-13-20;/h15,21H,3-14H2,1-2H3,(H2,17,18,19);1H. The summed E-state index contributed by atoms with van der Waals surface area (Å²) in [5.41, 5.74) is 0. The number of hydrogen-bond donors (Lipinski definition) is 3. The van der Waals surface area contributed by atoms with E-state index in [0.717, 1.165) is 64.5 Å². The highest BCUT2D eigenvalue weighted by Gasteiger charge is 2.15. The average molecular weight is 458 g/mol. The van der Waals surface area contributed by atoms with Crippen LogP contribution in [0.2, 0.25) is 0 Å². The topological polar surface area (TPSA) is 59.9 Å². The predicted molar refractivity (Wildman–Crippen MR) is 113 cm³/mol. The van der Waals surface area contributed by atoms with Crippen molar-refractivity contribution < 1.29 is 5.11 Å². The Morgan fingerprint density at radius 3 is 2.61 bits per heavy atom. The number of piperidine rings is 1. The minimum Gasteiger partial charge on any atom is -0.393 e. The highest BCUT2D eigenvalue weighted by atomic mass is 127. The normalized spacial score (nSPS) is 16.9. The summed E-state index contributed by atoms with van der Waals surface area (Å²) in [4.78, 5) is 7.08. The van der Waals surface area contributed by atoms with Crippen LogP contribution < -0.4 is 10.6 Å². The molecule has 7 heteroatoms. The molecule has 0 bridgehead atoms. The number of unbranched alkanes of at least 4 members (excludes halogenated alkanes) is 1. The molecule has 1 fully saturated rings. The largest absolute Gasteiger partial charge is 0.393 e. The van der Waals surface area contributed by atoms with Crippen molar-refractivity contribution in [2.45, 2.75) is 45.1 Å². The van der Waals surface area contributed by atoms with Gasteiger partial charge in [0.2, 0.25) is 0 Å². The Kier molecular flexibility index (Phi) is 16.0. The lowest BCUT2D eigenvalue weighted by Crippen LogP contribution is -2.38. The van der Waals surface area contributed by atoms with Gasteiger partial charge in [0.1, 0.15) is 0 Å². The second-order valence-electron chi connectivity index (χ2n) is 5.81. The molecule has 1 heterocycles. The molecule has 0 spiro atoms. The van der Waals surface area contributed by atoms with Crippen molar-refractivity contribution in [3.05, 3.63) is 0 Å². The van der Waals surface area contributed by atoms with E-state index in [1.165, 1.54) is 18.6 Å². The third-order valence-electron chi connectivity index (χ3n) is 3.87. The molecule has 0 aliphatic carbocycles. The molecule has 5 nitrogen and oxygen atoms in total. The van der Waals surface area contributed by atoms with Gasteiger partial charge in [-0.25, -0.2) is 0 Å². The van der Waals surface area contributed by atoms with Crippen LogP contribution in [0.15, 0.2) is 4.99 Å². The fraction of sp³-hybridized carbons (Fsp3) is 0.938. The van der Waals surface area contributed by atoms with Crippen LogP contribution in [0.5, 0.6) is 0 Å². The molecule has 1 rings (SSSR count). The molecule has 0 aromatic heterocycles. The van der Waals surface area contributed by atoms with Crippen molar-refractivity contribution in [1.29, 1.82) is 0 Å². The SMILES string of the molecule is CCNC(=NCCCN1CCC(O)CC1)NCCCCSC.I. The minimum absolute atomic E-state index is 0. The number of guanidine groups is 1. The smallest absolute Gasteiger partial charge is 0.191 e. The van der Waals surface area contributed by atoms with E-state index in [1.54, 1.807) is 0 Å². The average Bonchev–Trinajstić information content (AvgIpc) is 2.53. The van der Waals surface area contributed by atoms with Gasteiger partial charge in [-0.05, 0) is 57.6 Å². The molecular formula is C16H35IN4OS. The van der Waals surface area contributed by atoms with Crippen molar-refractivity contribution in [2.75, 3.05) is 51.3 Å². The molecular weight excluding hydrogens is 423 g/mol. The van der Waals surface area contributed by atoms with Gasteiger partial charge in [-0.1, -0.05) is 0 Å². The lowest BCUT2D eigenvalue weighted by Gasteiger charge is -2.29. The number of nitrogens with zero attached hydrogens (tertiary/aromatic N) is 2. The summed E-state index contributed by atoms with van der Waals surface area (Å²) in [5, 5.41) is 16.2. The Morgan fingerprint density at radius 2 is 1.96 bits per heavy atom. The minimum atomic E-state index is -0.0788. The van der Waals surface area contributed by atoms with Gasteiger partial charge in [0.05, 0.1) is 6.10 Å². The van der Waals surface area contributed by atoms with Crippen LogP contribution in [-0.2, 0) is 0 Å². The Hall–Kier alpha value is 0.270. The molecule has 0 saturated carbocycles. The van der Waals surface area contributed by atoms with Crippen molar-refractivity contribution in [3.63, 3.8) is 0 Å². The molecule has 1 aliphatic rings. The van der Waals surface area contributed by atoms with Gasteiger partial charge in [-0.2, -0.15) is 11.8 Å². The number of aliphatic hydroxyl groups excluding tert-OH is 1. The van der Waals surface area contributed by atoms with E-state index < -0.39 is 0 Å². The maximum atomic E-state index is 9.50. The summed E-state index contributed by atoms with van der Waals surface area (Å²) < 4.78 is 0. The van der Waals surface area contributed by atoms with E-state index in [4.69, 9.17) is 0 Å². The van der Waals surface area contributed by atoms with E-state index in [2.05, 4.69) is 33.7 Å². The number of hydrogen-bond acceptors (Lipinski definition) is 4. The summed E-state index contributed by atoms with van der Waals surface area (Å²) in [6.07, 6.45) is 7.45. The second-order valence-corrected chi connectivity index (χ2v) is 6.80. The molecule has 3 N–H and O–H groups in total. The summed E-state index contributed by atoms with van der Waals surface area (Å²) in [6.45, 7) is 8.00. The quantitative estimate of drug-likeness (QED) is 0.203. The zero-order valence-electron chi connectivity index (χ0n) is 14.7. The number of aliphatic hydroxyl groups is 1. The fourth-order valence-electron chi connectivity index (χ4n) is 2.55. The molecule has 23 heavy (non-hydrogen) atoms. The molecule has 0 radical (unpaired) electrons. The van der Waals surface area contributed by atoms with Crippen LogP contribution in [0.3, 0.4) is 0 Å². The molecule has 1 saturated heterocycles. The summed E-state index contributed by atoms with van der Waals surface area (Å²) >= 11 is 1.91. The highest BCUT2D eigenvalue weighted by Crippen LogP contribution is 2.09. The monoisotopic (exact) mass is 458 g/mol. The Labute approximate surface area is 163 Å². The summed E-state index contributed by atoms with van der Waals surface area (Å²) in [6, 6.07) is 0. The molecule has 1 aliphatic heterocycles. The Bertz CT molecular complexity index is 300. The lowest BCUT2D eigenvalue weighted by atomic mass is 10.1. The van der Waals surface area contributed by atoms with Crippen LogP contribution in [0.4, 0.5) is 0 Å². The maximum absolute atomic E-state index is 9.50. The molecule has 0 amide bonds. The van der Waals surface area contributed by atoms with Gasteiger partial charge in [0.25, 0.3) is 0 Å². The van der Waals surface area contributed by atoms with Gasteiger partial charge in [-0.15, -0.1) is 24.0 Å². The molecule has 138 valence electrons. The van der Waals surface area contributed by atoms with Crippen molar-refractivity contribution in [2.24, 2.45) is 4.99 Å². The van der Waals surface area contributed by atoms with Gasteiger partial charge in [0, 0.05) is 32.7 Å². The van der Waals surface area contributed by atoms with Crippen molar-refractivity contribution in [3.8, 4) is 0 Å². The van der Waals surface area contributed by atoms with Crippen LogP contribution in [0, 0.1) is 0 Å². The van der Waals surface area contributed by atoms with Crippen LogP contribution >= 0.6 is 35.7 Å². The predicted octanol–water partition coefficient (Wildman–Crippen LogP) is 2.15. The first kappa shape index (κ1) is 23.3. The highest BCUT2D eigenvalue weighted by molar-refractivity contribution is 14.0. The summed E-state index contributed by atoms with van der Waals surface area (Å²) in [5.74, 6) is 2.18. The first-order valence-electron chi connectivity index (χ1n) is 8.67. The zero-order chi connectivity index (χ0) is 16.0. The third kappa shape index (κ3) is 12.3. The van der Waals surface area contributed by atoms with E-state index in [0.29, 0.717) is 0 Å². The van der Waals surface area contributed by atoms with E-state index >= 15 is 0 Å². The number of aliphatic imine (C=N–C) groups is 1. The van der Waals surface area contributed by atoms with Gasteiger partial charge >= 0.3 is 0 Å². The van der Waals surface area contributed by atoms with E-state index in [1.807, 2.05) is 11.8 Å². The number of halogens is 1. The van der Waals surface area contributed by atoms with Crippen LogP contribution in [0.1, 0.15) is 39.0 Å². The van der Waals surface area contributed by atoms with Crippen LogP contribution in [-0.4, -0.2) is 73.3 Å². The first-order valence-corrected chi connectivity index (χ1v) is 10.1. The van der Waals surface area contributed by atoms with Gasteiger partial charge < -0.3 is 20.6 Å². The number of rotatable bonds is 10. The number of nitrogens with one attached hydrogen (secondary N) is 2. The second kappa shape index (κ2) is 15.8. The van der Waals surface area contributed by atoms with E-state index in [9.17, 15) is 5.11 Å². The van der Waals surface area contributed by atoms with Gasteiger partial charge in [0.15, 0.2) is 5.96 Å². The van der Waals surface area contributed by atoms with Gasteiger partial charge in [-0.3, -0.25) is 4.99 Å². The molecule has 0 aromatic rings. The van der Waals surface area contributed by atoms with E-state index in [-0.39, 0.29) is 30.1 Å². The van der Waals surface area contributed by atoms with Crippen molar-refractivity contribution >= 4 is 41.7 Å². The zero-order valence-corrected chi connectivity index (χ0v) is 17.9. The van der Waals surface area contributed by atoms with Crippen LogP contribution in [0.25, 0.3) is 0 Å². The molecule has 0 unspecified atom stereocenters. The fourth-order valence-corrected chi connectivity index (χ4v) is 3.04. The lowest BCUT2D eigenvalue weighted by molar-refractivity contribution is 0.0824. The van der Waals surface area contributed by atoms with Crippen molar-refractivity contribution in [1.82, 2.24) is 15.5 Å². The Balaban J connectivity index is 0.00000484. The Morgan fingerprint density at radius 1 is 1.22 bits per heavy atom. The number of thioether (sulfide) groups is 1. The summed E-state index contributed by atoms with van der Waals surface area (Å²) in [7, 11) is 0.